The van der Waals surface area contributed by atoms with Crippen LogP contribution in [0.5, 0.6) is 0 Å². The smallest absolute Gasteiger partial charge is 0.0380 e. The number of nitrogens with zero attached hydrogens (tertiary/aromatic N) is 1. The van der Waals surface area contributed by atoms with E-state index in [9.17, 15) is 0 Å². The molecule has 2 nitrogen and oxygen atoms in total. The van der Waals surface area contributed by atoms with Crippen LogP contribution in [-0.2, 0) is 6.42 Å². The molecule has 82 valence electrons. The summed E-state index contributed by atoms with van der Waals surface area (Å²) in [6.07, 6.45) is 2.39. The Morgan fingerprint density at radius 3 is 2.53 bits per heavy atom. The minimum absolute atomic E-state index is 0.321. The van der Waals surface area contributed by atoms with Gasteiger partial charge in [0.1, 0.15) is 0 Å². The largest absolute Gasteiger partial charge is 0.315 e. The molecule has 1 unspecified atom stereocenters. The van der Waals surface area contributed by atoms with Gasteiger partial charge in [-0.3, -0.25) is 0 Å². The maximum Gasteiger partial charge on any atom is 0.0380 e. The van der Waals surface area contributed by atoms with Gasteiger partial charge in [-0.1, -0.05) is 30.3 Å². The first-order chi connectivity index (χ1) is 7.23. The molecular formula is C13H20N2. The summed E-state index contributed by atoms with van der Waals surface area (Å²) in [5, 5.41) is 3.47. The summed E-state index contributed by atoms with van der Waals surface area (Å²) in [5.41, 5.74) is 1.76. The Balaban J connectivity index is 2.14. The van der Waals surface area contributed by atoms with Gasteiger partial charge < -0.3 is 10.2 Å². The molecule has 2 heteroatoms. The molecular weight excluding hydrogens is 184 g/mol. The van der Waals surface area contributed by atoms with Crippen molar-refractivity contribution < 1.29 is 0 Å². The first-order valence-electron chi connectivity index (χ1n) is 5.65. The zero-order chi connectivity index (χ0) is 10.7. The number of benzene rings is 1. The molecule has 0 amide bonds. The molecule has 2 rings (SSSR count). The van der Waals surface area contributed by atoms with Gasteiger partial charge in [0.05, 0.1) is 0 Å². The summed E-state index contributed by atoms with van der Waals surface area (Å²) >= 11 is 0. The molecule has 1 aromatic rings. The van der Waals surface area contributed by atoms with Crippen LogP contribution in [0.2, 0.25) is 0 Å². The summed E-state index contributed by atoms with van der Waals surface area (Å²) in [6, 6.07) is 10.8. The van der Waals surface area contributed by atoms with Crippen LogP contribution in [0.15, 0.2) is 30.3 Å². The predicted molar refractivity (Wildman–Crippen MR) is 64.1 cm³/mol. The molecule has 1 fully saturated rings. The third kappa shape index (κ3) is 2.21. The van der Waals surface area contributed by atoms with Crippen molar-refractivity contribution in [3.8, 4) is 0 Å². The van der Waals surface area contributed by atoms with E-state index in [2.05, 4.69) is 54.6 Å². The van der Waals surface area contributed by atoms with Crippen LogP contribution in [0, 0.1) is 0 Å². The molecule has 0 aromatic heterocycles. The van der Waals surface area contributed by atoms with E-state index in [0.717, 1.165) is 19.5 Å². The second kappa shape index (κ2) is 4.33. The van der Waals surface area contributed by atoms with Crippen LogP contribution in [0.4, 0.5) is 0 Å². The topological polar surface area (TPSA) is 15.3 Å². The normalized spacial score (nSPS) is 26.1. The van der Waals surface area contributed by atoms with Crippen LogP contribution < -0.4 is 5.32 Å². The van der Waals surface area contributed by atoms with Gasteiger partial charge >= 0.3 is 0 Å². The summed E-state index contributed by atoms with van der Waals surface area (Å²) < 4.78 is 0. The van der Waals surface area contributed by atoms with E-state index in [-0.39, 0.29) is 0 Å². The van der Waals surface area contributed by atoms with Gasteiger partial charge in [0, 0.05) is 12.1 Å². The predicted octanol–water partition coefficient (Wildman–Crippen LogP) is 1.52. The average Bonchev–Trinajstić information content (AvgIpc) is 2.69. The Morgan fingerprint density at radius 1 is 1.27 bits per heavy atom. The first-order valence-corrected chi connectivity index (χ1v) is 5.65. The third-order valence-corrected chi connectivity index (χ3v) is 3.55. The number of hydrogen-bond acceptors (Lipinski definition) is 2. The zero-order valence-corrected chi connectivity index (χ0v) is 9.66. The zero-order valence-electron chi connectivity index (χ0n) is 9.66. The third-order valence-electron chi connectivity index (χ3n) is 3.55. The fourth-order valence-electron chi connectivity index (χ4n) is 2.40. The van der Waals surface area contributed by atoms with Crippen LogP contribution in [0.1, 0.15) is 12.0 Å². The van der Waals surface area contributed by atoms with Gasteiger partial charge in [0.15, 0.2) is 0 Å². The Kier molecular flexibility index (Phi) is 3.08. The molecule has 1 N–H and O–H groups in total. The Labute approximate surface area is 92.3 Å². The molecule has 0 aliphatic carbocycles. The molecule has 1 aliphatic heterocycles. The van der Waals surface area contributed by atoms with Gasteiger partial charge in [0.25, 0.3) is 0 Å². The highest BCUT2D eigenvalue weighted by molar-refractivity contribution is 5.19. The summed E-state index contributed by atoms with van der Waals surface area (Å²) in [6.45, 7) is 2.25. The molecule has 0 saturated carbocycles. The number of rotatable bonds is 3. The highest BCUT2D eigenvalue weighted by atomic mass is 15.2. The van der Waals surface area contributed by atoms with Crippen molar-refractivity contribution in [2.75, 3.05) is 27.2 Å². The number of hydrogen-bond donors (Lipinski definition) is 1. The van der Waals surface area contributed by atoms with Gasteiger partial charge in [-0.05, 0) is 39.0 Å². The van der Waals surface area contributed by atoms with Crippen LogP contribution in [-0.4, -0.2) is 37.6 Å². The van der Waals surface area contributed by atoms with Crippen molar-refractivity contribution in [1.29, 1.82) is 0 Å². The minimum Gasteiger partial charge on any atom is -0.315 e. The van der Waals surface area contributed by atoms with Crippen molar-refractivity contribution in [1.82, 2.24) is 10.2 Å². The highest BCUT2D eigenvalue weighted by Crippen LogP contribution is 2.25. The first kappa shape index (κ1) is 10.7. The van der Waals surface area contributed by atoms with Gasteiger partial charge in [0.2, 0.25) is 0 Å². The second-order valence-corrected chi connectivity index (χ2v) is 4.71. The van der Waals surface area contributed by atoms with Crippen LogP contribution in [0.25, 0.3) is 0 Å². The van der Waals surface area contributed by atoms with E-state index in [1.54, 1.807) is 0 Å². The van der Waals surface area contributed by atoms with E-state index in [0.29, 0.717) is 5.54 Å². The molecule has 1 aliphatic rings. The fraction of sp³-hybridized carbons (Fsp3) is 0.538. The highest BCUT2D eigenvalue weighted by Gasteiger charge is 2.35. The molecule has 1 atom stereocenters. The second-order valence-electron chi connectivity index (χ2n) is 4.71. The van der Waals surface area contributed by atoms with E-state index < -0.39 is 0 Å². The molecule has 1 aromatic carbocycles. The lowest BCUT2D eigenvalue weighted by Gasteiger charge is -2.35. The Bertz CT molecular complexity index is 300. The molecule has 0 spiro atoms. The van der Waals surface area contributed by atoms with Crippen LogP contribution >= 0.6 is 0 Å². The van der Waals surface area contributed by atoms with E-state index in [1.807, 2.05) is 0 Å². The fourth-order valence-corrected chi connectivity index (χ4v) is 2.40. The minimum atomic E-state index is 0.321. The Morgan fingerprint density at radius 2 is 2.00 bits per heavy atom. The molecule has 0 bridgehead atoms. The van der Waals surface area contributed by atoms with Crippen LogP contribution in [0.3, 0.4) is 0 Å². The van der Waals surface area contributed by atoms with Gasteiger partial charge in [-0.2, -0.15) is 0 Å². The lowest BCUT2D eigenvalue weighted by Crippen LogP contribution is -2.47. The Hall–Kier alpha value is -0.860. The summed E-state index contributed by atoms with van der Waals surface area (Å²) in [7, 11) is 4.38. The summed E-state index contributed by atoms with van der Waals surface area (Å²) in [5.74, 6) is 0. The molecule has 1 heterocycles. The molecule has 1 saturated heterocycles. The number of likely N-dealkylation sites (N-methyl/N-ethyl adjacent to an activating group) is 1. The lowest BCUT2D eigenvalue weighted by atomic mass is 9.89. The quantitative estimate of drug-likeness (QED) is 0.803. The average molecular weight is 204 g/mol. The maximum atomic E-state index is 3.47. The van der Waals surface area contributed by atoms with Crippen molar-refractivity contribution in [2.45, 2.75) is 18.4 Å². The SMILES string of the molecule is CN(C)C1(Cc2ccccc2)CCNC1. The summed E-state index contributed by atoms with van der Waals surface area (Å²) in [4.78, 5) is 2.38. The maximum absolute atomic E-state index is 3.47. The van der Waals surface area contributed by atoms with Crippen molar-refractivity contribution >= 4 is 0 Å². The lowest BCUT2D eigenvalue weighted by molar-refractivity contribution is 0.172. The van der Waals surface area contributed by atoms with E-state index in [1.165, 1.54) is 12.0 Å². The monoisotopic (exact) mass is 204 g/mol. The van der Waals surface area contributed by atoms with E-state index in [4.69, 9.17) is 0 Å². The number of nitrogens with one attached hydrogen (secondary N) is 1. The van der Waals surface area contributed by atoms with E-state index >= 15 is 0 Å². The van der Waals surface area contributed by atoms with Gasteiger partial charge in [-0.25, -0.2) is 0 Å². The molecule has 0 radical (unpaired) electrons. The van der Waals surface area contributed by atoms with Crippen molar-refractivity contribution in [2.24, 2.45) is 0 Å². The van der Waals surface area contributed by atoms with Crippen molar-refractivity contribution in [3.05, 3.63) is 35.9 Å². The van der Waals surface area contributed by atoms with Crippen molar-refractivity contribution in [3.63, 3.8) is 0 Å². The van der Waals surface area contributed by atoms with Gasteiger partial charge in [-0.15, -0.1) is 0 Å². The molecule has 15 heavy (non-hydrogen) atoms. The standard InChI is InChI=1S/C13H20N2/c1-15(2)13(8-9-14-11-13)10-12-6-4-3-5-7-12/h3-7,14H,8-11H2,1-2H3.